The average molecular weight is 445 g/mol. The topological polar surface area (TPSA) is 71.5 Å². The Hall–Kier alpha value is -2.97. The predicted octanol–water partition coefficient (Wildman–Crippen LogP) is 4.21. The third-order valence-electron chi connectivity index (χ3n) is 4.64. The second-order valence-corrected chi connectivity index (χ2v) is 6.80. The van der Waals surface area contributed by atoms with Crippen molar-refractivity contribution in [1.82, 2.24) is 0 Å². The molecule has 31 heavy (non-hydrogen) atoms. The third-order valence-corrected chi connectivity index (χ3v) is 4.64. The lowest BCUT2D eigenvalue weighted by molar-refractivity contribution is -0.215. The molecule has 3 rings (SSSR count). The van der Waals surface area contributed by atoms with Crippen LogP contribution in [0.4, 0.5) is 32.0 Å². The second kappa shape index (κ2) is 8.64. The summed E-state index contributed by atoms with van der Waals surface area (Å²) in [6.07, 6.45) is -13.3. The number of nitrogens with two attached hydrogens (primary N) is 1. The first-order chi connectivity index (χ1) is 14.5. The summed E-state index contributed by atoms with van der Waals surface area (Å²) in [5.74, 6) is 0.389. The van der Waals surface area contributed by atoms with E-state index < -0.39 is 35.8 Å². The molecule has 2 atom stereocenters. The lowest BCUT2D eigenvalue weighted by atomic mass is 10.1. The number of benzene rings is 2. The highest BCUT2D eigenvalue weighted by Gasteiger charge is 2.51. The number of nitriles is 1. The van der Waals surface area contributed by atoms with E-state index in [1.165, 1.54) is 6.07 Å². The summed E-state index contributed by atoms with van der Waals surface area (Å²) in [4.78, 5) is 0.682. The van der Waals surface area contributed by atoms with Crippen molar-refractivity contribution in [2.24, 2.45) is 5.73 Å². The van der Waals surface area contributed by atoms with Gasteiger partial charge in [0.15, 0.2) is 0 Å². The normalized spacial score (nSPS) is 19.4. The van der Waals surface area contributed by atoms with Gasteiger partial charge in [-0.1, -0.05) is 12.1 Å². The second-order valence-electron chi connectivity index (χ2n) is 6.80. The molecule has 1 aliphatic heterocycles. The summed E-state index contributed by atoms with van der Waals surface area (Å²) >= 11 is 0. The molecule has 1 heterocycles. The first kappa shape index (κ1) is 22.7. The standard InChI is InChI=1S/C20H17F6N3O2/c21-19(22,23)17-7-14(4-3-13(17)9-28)29-10-16(31-18(29)20(24,25)26)11-30-15-5-1-12(8-27)2-6-15/h1-7,16,18H,8,10-11,27H2. The predicted molar refractivity (Wildman–Crippen MR) is 98.0 cm³/mol. The molecule has 5 nitrogen and oxygen atoms in total. The smallest absolute Gasteiger partial charge is 0.433 e. The van der Waals surface area contributed by atoms with E-state index in [0.717, 1.165) is 17.7 Å². The van der Waals surface area contributed by atoms with Crippen molar-refractivity contribution in [3.05, 3.63) is 59.2 Å². The van der Waals surface area contributed by atoms with Gasteiger partial charge in [0, 0.05) is 12.2 Å². The van der Waals surface area contributed by atoms with Gasteiger partial charge in [-0.3, -0.25) is 0 Å². The first-order valence-corrected chi connectivity index (χ1v) is 9.05. The van der Waals surface area contributed by atoms with E-state index in [4.69, 9.17) is 20.5 Å². The van der Waals surface area contributed by atoms with Gasteiger partial charge in [0.05, 0.1) is 23.7 Å². The lowest BCUT2D eigenvalue weighted by Gasteiger charge is -2.27. The van der Waals surface area contributed by atoms with Crippen LogP contribution in [0.2, 0.25) is 0 Å². The molecule has 0 saturated carbocycles. The van der Waals surface area contributed by atoms with E-state index in [-0.39, 0.29) is 18.8 Å². The van der Waals surface area contributed by atoms with Crippen molar-refractivity contribution < 1.29 is 35.8 Å². The van der Waals surface area contributed by atoms with Crippen molar-refractivity contribution in [2.75, 3.05) is 18.1 Å². The summed E-state index contributed by atoms with van der Waals surface area (Å²) in [6, 6.07) is 10.4. The fraction of sp³-hybridized carbons (Fsp3) is 0.350. The lowest BCUT2D eigenvalue weighted by Crippen LogP contribution is -2.42. The van der Waals surface area contributed by atoms with Crippen LogP contribution >= 0.6 is 0 Å². The van der Waals surface area contributed by atoms with Gasteiger partial charge in [-0.2, -0.15) is 31.6 Å². The molecule has 0 amide bonds. The highest BCUT2D eigenvalue weighted by molar-refractivity contribution is 5.56. The molecule has 2 N–H and O–H groups in total. The van der Waals surface area contributed by atoms with Gasteiger partial charge < -0.3 is 20.1 Å². The Balaban J connectivity index is 1.81. The van der Waals surface area contributed by atoms with Gasteiger partial charge in [0.2, 0.25) is 6.23 Å². The summed E-state index contributed by atoms with van der Waals surface area (Å²) in [6.45, 7) is -0.277. The summed E-state index contributed by atoms with van der Waals surface area (Å²) < 4.78 is 90.7. The van der Waals surface area contributed by atoms with Crippen LogP contribution in [0.15, 0.2) is 42.5 Å². The van der Waals surface area contributed by atoms with Crippen LogP contribution in [0.3, 0.4) is 0 Å². The molecular weight excluding hydrogens is 428 g/mol. The quantitative estimate of drug-likeness (QED) is 0.699. The van der Waals surface area contributed by atoms with Gasteiger partial charge in [0.25, 0.3) is 0 Å². The minimum absolute atomic E-state index is 0.243. The zero-order chi connectivity index (χ0) is 22.8. The molecule has 2 aromatic rings. The van der Waals surface area contributed by atoms with Gasteiger partial charge >= 0.3 is 12.4 Å². The van der Waals surface area contributed by atoms with E-state index in [1.807, 2.05) is 0 Å². The van der Waals surface area contributed by atoms with Crippen LogP contribution in [0.25, 0.3) is 0 Å². The molecule has 2 aromatic carbocycles. The molecule has 11 heteroatoms. The van der Waals surface area contributed by atoms with E-state index in [1.54, 1.807) is 24.3 Å². The summed E-state index contributed by atoms with van der Waals surface area (Å²) in [5, 5.41) is 8.88. The minimum atomic E-state index is -4.90. The van der Waals surface area contributed by atoms with Crippen molar-refractivity contribution in [3.63, 3.8) is 0 Å². The molecular formula is C20H17F6N3O2. The number of nitrogens with zero attached hydrogens (tertiary/aromatic N) is 2. The number of alkyl halides is 6. The average Bonchev–Trinajstić information content (AvgIpc) is 3.16. The van der Waals surface area contributed by atoms with Gasteiger partial charge in [-0.05, 0) is 35.9 Å². The zero-order valence-corrected chi connectivity index (χ0v) is 15.9. The van der Waals surface area contributed by atoms with E-state index in [9.17, 15) is 26.3 Å². The zero-order valence-electron chi connectivity index (χ0n) is 15.9. The fourth-order valence-corrected chi connectivity index (χ4v) is 3.15. The molecule has 1 aliphatic rings. The Kier molecular flexibility index (Phi) is 6.33. The highest BCUT2D eigenvalue weighted by atomic mass is 19.4. The van der Waals surface area contributed by atoms with Crippen LogP contribution in [-0.2, 0) is 17.5 Å². The Morgan fingerprint density at radius 1 is 1.10 bits per heavy atom. The van der Waals surface area contributed by atoms with Crippen LogP contribution in [0, 0.1) is 11.3 Å². The molecule has 166 valence electrons. The van der Waals surface area contributed by atoms with E-state index >= 15 is 0 Å². The molecule has 0 spiro atoms. The Bertz CT molecular complexity index is 953. The minimum Gasteiger partial charge on any atom is -0.491 e. The first-order valence-electron chi connectivity index (χ1n) is 9.05. The van der Waals surface area contributed by atoms with Crippen molar-refractivity contribution in [2.45, 2.75) is 31.2 Å². The van der Waals surface area contributed by atoms with Crippen LogP contribution in [0.1, 0.15) is 16.7 Å². The molecule has 2 unspecified atom stereocenters. The van der Waals surface area contributed by atoms with Gasteiger partial charge in [0.1, 0.15) is 18.5 Å². The molecule has 0 aromatic heterocycles. The monoisotopic (exact) mass is 445 g/mol. The highest BCUT2D eigenvalue weighted by Crippen LogP contribution is 2.39. The van der Waals surface area contributed by atoms with Crippen LogP contribution in [0.5, 0.6) is 5.75 Å². The number of hydrogen-bond acceptors (Lipinski definition) is 5. The SMILES string of the molecule is N#Cc1ccc(N2CC(COc3ccc(CN)cc3)OC2C(F)(F)F)cc1C(F)(F)F. The third kappa shape index (κ3) is 5.21. The Morgan fingerprint density at radius 3 is 2.32 bits per heavy atom. The number of hydrogen-bond donors (Lipinski definition) is 1. The van der Waals surface area contributed by atoms with E-state index in [2.05, 4.69) is 0 Å². The molecule has 0 aliphatic carbocycles. The maximum atomic E-state index is 13.5. The number of halogens is 6. The number of ether oxygens (including phenoxy) is 2. The van der Waals surface area contributed by atoms with Gasteiger partial charge in [-0.25, -0.2) is 0 Å². The molecule has 1 saturated heterocycles. The molecule has 0 bridgehead atoms. The van der Waals surface area contributed by atoms with Crippen molar-refractivity contribution >= 4 is 5.69 Å². The summed E-state index contributed by atoms with van der Waals surface area (Å²) in [7, 11) is 0. The van der Waals surface area contributed by atoms with Crippen LogP contribution in [-0.4, -0.2) is 31.7 Å². The number of anilines is 1. The van der Waals surface area contributed by atoms with E-state index in [0.29, 0.717) is 23.3 Å². The maximum absolute atomic E-state index is 13.5. The molecule has 0 radical (unpaired) electrons. The largest absolute Gasteiger partial charge is 0.491 e. The number of rotatable bonds is 5. The Morgan fingerprint density at radius 2 is 1.77 bits per heavy atom. The fourth-order valence-electron chi connectivity index (χ4n) is 3.15. The Labute approximate surface area is 173 Å². The van der Waals surface area contributed by atoms with Crippen molar-refractivity contribution in [1.29, 1.82) is 5.26 Å². The maximum Gasteiger partial charge on any atom is 0.433 e. The van der Waals surface area contributed by atoms with Crippen LogP contribution < -0.4 is 15.4 Å². The summed E-state index contributed by atoms with van der Waals surface area (Å²) in [5.41, 5.74) is 3.99. The van der Waals surface area contributed by atoms with Crippen molar-refractivity contribution in [3.8, 4) is 11.8 Å². The molecule has 1 fully saturated rings. The van der Waals surface area contributed by atoms with Gasteiger partial charge in [-0.15, -0.1) is 0 Å².